The highest BCUT2D eigenvalue weighted by molar-refractivity contribution is 5.91. The summed E-state index contributed by atoms with van der Waals surface area (Å²) in [6.07, 6.45) is 5.03. The van der Waals surface area contributed by atoms with Gasteiger partial charge < -0.3 is 14.8 Å². The zero-order valence-corrected chi connectivity index (χ0v) is 9.65. The van der Waals surface area contributed by atoms with Gasteiger partial charge in [0.25, 0.3) is 5.91 Å². The van der Waals surface area contributed by atoms with Crippen LogP contribution in [0.25, 0.3) is 0 Å². The van der Waals surface area contributed by atoms with Gasteiger partial charge in [-0.25, -0.2) is 0 Å². The molecule has 0 spiro atoms. The first-order chi connectivity index (χ1) is 8.20. The molecule has 1 amide bonds. The van der Waals surface area contributed by atoms with Crippen LogP contribution < -0.4 is 5.32 Å². The van der Waals surface area contributed by atoms with Crippen molar-refractivity contribution in [1.82, 2.24) is 5.32 Å². The van der Waals surface area contributed by atoms with Crippen molar-refractivity contribution < 1.29 is 19.1 Å². The summed E-state index contributed by atoms with van der Waals surface area (Å²) in [7, 11) is 0. The molecule has 0 bridgehead atoms. The highest BCUT2D eigenvalue weighted by Gasteiger charge is 2.06. The minimum atomic E-state index is -0.754. The van der Waals surface area contributed by atoms with Gasteiger partial charge in [0.1, 0.15) is 0 Å². The number of hydrogen-bond donors (Lipinski definition) is 2. The SMILES string of the molecule is O=C(O)CCCCCCNC(=O)c1ccco1. The van der Waals surface area contributed by atoms with Gasteiger partial charge in [0.2, 0.25) is 0 Å². The van der Waals surface area contributed by atoms with E-state index in [0.717, 1.165) is 19.3 Å². The third kappa shape index (κ3) is 5.75. The maximum Gasteiger partial charge on any atom is 0.303 e. The predicted octanol–water partition coefficient (Wildman–Crippen LogP) is 2.04. The molecule has 1 heterocycles. The first kappa shape index (κ1) is 13.3. The number of unbranched alkanes of at least 4 members (excludes halogenated alkanes) is 3. The third-order valence-corrected chi connectivity index (χ3v) is 2.35. The lowest BCUT2D eigenvalue weighted by molar-refractivity contribution is -0.137. The van der Waals surface area contributed by atoms with E-state index in [1.165, 1.54) is 6.26 Å². The lowest BCUT2D eigenvalue weighted by atomic mass is 10.1. The standard InChI is InChI=1S/C12H17NO4/c14-11(15)7-3-1-2-4-8-13-12(16)10-6-5-9-17-10/h5-6,9H,1-4,7-8H2,(H,13,16)(H,14,15). The van der Waals surface area contributed by atoms with Gasteiger partial charge in [0, 0.05) is 13.0 Å². The number of carboxylic acid groups (broad SMARTS) is 1. The molecule has 0 saturated heterocycles. The predicted molar refractivity (Wildman–Crippen MR) is 61.8 cm³/mol. The maximum atomic E-state index is 11.4. The molecule has 5 nitrogen and oxygen atoms in total. The molecule has 0 aliphatic rings. The normalized spacial score (nSPS) is 10.1. The third-order valence-electron chi connectivity index (χ3n) is 2.35. The van der Waals surface area contributed by atoms with Gasteiger partial charge in [0.05, 0.1) is 6.26 Å². The number of carboxylic acids is 1. The van der Waals surface area contributed by atoms with Crippen LogP contribution in [0.3, 0.4) is 0 Å². The second-order valence-electron chi connectivity index (χ2n) is 3.79. The molecular weight excluding hydrogens is 222 g/mol. The highest BCUT2D eigenvalue weighted by atomic mass is 16.4. The van der Waals surface area contributed by atoms with Crippen LogP contribution in [0.5, 0.6) is 0 Å². The van der Waals surface area contributed by atoms with Crippen molar-refractivity contribution in [3.05, 3.63) is 24.2 Å². The van der Waals surface area contributed by atoms with E-state index in [2.05, 4.69) is 5.32 Å². The minimum Gasteiger partial charge on any atom is -0.481 e. The molecule has 0 saturated carbocycles. The molecule has 5 heteroatoms. The molecule has 94 valence electrons. The molecule has 1 aromatic heterocycles. The number of carbonyl (C=O) groups is 2. The van der Waals surface area contributed by atoms with Crippen molar-refractivity contribution in [3.8, 4) is 0 Å². The number of hydrogen-bond acceptors (Lipinski definition) is 3. The average Bonchev–Trinajstić information content (AvgIpc) is 2.80. The van der Waals surface area contributed by atoms with Gasteiger partial charge in [-0.2, -0.15) is 0 Å². The Morgan fingerprint density at radius 2 is 2.00 bits per heavy atom. The average molecular weight is 239 g/mol. The van der Waals surface area contributed by atoms with E-state index in [9.17, 15) is 9.59 Å². The van der Waals surface area contributed by atoms with Crippen LogP contribution in [0.2, 0.25) is 0 Å². The van der Waals surface area contributed by atoms with Crippen LogP contribution in [0.15, 0.2) is 22.8 Å². The number of rotatable bonds is 8. The van der Waals surface area contributed by atoms with Crippen LogP contribution in [-0.2, 0) is 4.79 Å². The Morgan fingerprint density at radius 1 is 1.24 bits per heavy atom. The summed E-state index contributed by atoms with van der Waals surface area (Å²) in [6, 6.07) is 3.28. The van der Waals surface area contributed by atoms with E-state index in [1.807, 2.05) is 0 Å². The molecule has 0 atom stereocenters. The molecule has 1 aromatic rings. The van der Waals surface area contributed by atoms with Crippen LogP contribution in [0.4, 0.5) is 0 Å². The first-order valence-corrected chi connectivity index (χ1v) is 5.73. The quantitative estimate of drug-likeness (QED) is 0.680. The van der Waals surface area contributed by atoms with Crippen LogP contribution in [-0.4, -0.2) is 23.5 Å². The Kier molecular flexibility index (Phi) is 5.85. The zero-order valence-electron chi connectivity index (χ0n) is 9.65. The number of aliphatic carboxylic acids is 1. The van der Waals surface area contributed by atoms with Gasteiger partial charge >= 0.3 is 5.97 Å². The van der Waals surface area contributed by atoms with E-state index in [1.54, 1.807) is 12.1 Å². The molecule has 0 radical (unpaired) electrons. The van der Waals surface area contributed by atoms with E-state index in [4.69, 9.17) is 9.52 Å². The number of amides is 1. The summed E-state index contributed by atoms with van der Waals surface area (Å²) in [6.45, 7) is 0.590. The van der Waals surface area contributed by atoms with Crippen molar-refractivity contribution >= 4 is 11.9 Å². The molecule has 17 heavy (non-hydrogen) atoms. The Labute approximate surface area is 99.8 Å². The fraction of sp³-hybridized carbons (Fsp3) is 0.500. The van der Waals surface area contributed by atoms with Crippen LogP contribution in [0, 0.1) is 0 Å². The Bertz CT molecular complexity index is 345. The van der Waals surface area contributed by atoms with Gasteiger partial charge in [-0.15, -0.1) is 0 Å². The largest absolute Gasteiger partial charge is 0.481 e. The molecule has 0 aliphatic carbocycles. The smallest absolute Gasteiger partial charge is 0.303 e. The Hall–Kier alpha value is -1.78. The van der Waals surface area contributed by atoms with Crippen molar-refractivity contribution in [2.45, 2.75) is 32.1 Å². The van der Waals surface area contributed by atoms with E-state index >= 15 is 0 Å². The monoisotopic (exact) mass is 239 g/mol. The fourth-order valence-electron chi connectivity index (χ4n) is 1.45. The lowest BCUT2D eigenvalue weighted by Crippen LogP contribution is -2.23. The summed E-state index contributed by atoms with van der Waals surface area (Å²) in [5.41, 5.74) is 0. The summed E-state index contributed by atoms with van der Waals surface area (Å²) >= 11 is 0. The van der Waals surface area contributed by atoms with Gasteiger partial charge in [-0.1, -0.05) is 12.8 Å². The van der Waals surface area contributed by atoms with Gasteiger partial charge in [-0.3, -0.25) is 9.59 Å². The minimum absolute atomic E-state index is 0.208. The van der Waals surface area contributed by atoms with E-state index < -0.39 is 5.97 Å². The van der Waals surface area contributed by atoms with Crippen molar-refractivity contribution in [2.24, 2.45) is 0 Å². The Balaban J connectivity index is 1.97. The van der Waals surface area contributed by atoms with Crippen LogP contribution in [0.1, 0.15) is 42.7 Å². The summed E-state index contributed by atoms with van der Waals surface area (Å²) < 4.78 is 4.94. The van der Waals surface area contributed by atoms with E-state index in [-0.39, 0.29) is 12.3 Å². The Morgan fingerprint density at radius 3 is 2.65 bits per heavy atom. The molecule has 0 aromatic carbocycles. The van der Waals surface area contributed by atoms with Gasteiger partial charge in [-0.05, 0) is 25.0 Å². The summed E-state index contributed by atoms with van der Waals surface area (Å²) in [5.74, 6) is -0.646. The second-order valence-corrected chi connectivity index (χ2v) is 3.79. The van der Waals surface area contributed by atoms with Crippen molar-refractivity contribution in [1.29, 1.82) is 0 Å². The molecular formula is C12H17NO4. The van der Waals surface area contributed by atoms with Crippen molar-refractivity contribution in [2.75, 3.05) is 6.54 Å². The molecule has 0 fully saturated rings. The lowest BCUT2D eigenvalue weighted by Gasteiger charge is -2.02. The molecule has 1 rings (SSSR count). The highest BCUT2D eigenvalue weighted by Crippen LogP contribution is 2.03. The molecule has 0 unspecified atom stereocenters. The zero-order chi connectivity index (χ0) is 12.5. The van der Waals surface area contributed by atoms with Gasteiger partial charge in [0.15, 0.2) is 5.76 Å². The number of furan rings is 1. The maximum absolute atomic E-state index is 11.4. The number of nitrogens with one attached hydrogen (secondary N) is 1. The second kappa shape index (κ2) is 7.49. The summed E-state index contributed by atoms with van der Waals surface area (Å²) in [5, 5.41) is 11.2. The van der Waals surface area contributed by atoms with E-state index in [0.29, 0.717) is 18.7 Å². The molecule has 2 N–H and O–H groups in total. The fourth-order valence-corrected chi connectivity index (χ4v) is 1.45. The summed E-state index contributed by atoms with van der Waals surface area (Å²) in [4.78, 5) is 21.6. The van der Waals surface area contributed by atoms with Crippen LogP contribution >= 0.6 is 0 Å². The topological polar surface area (TPSA) is 79.5 Å². The van der Waals surface area contributed by atoms with Crippen molar-refractivity contribution in [3.63, 3.8) is 0 Å². The first-order valence-electron chi connectivity index (χ1n) is 5.73. The molecule has 0 aliphatic heterocycles. The number of carbonyl (C=O) groups excluding carboxylic acids is 1.